The van der Waals surface area contributed by atoms with Crippen molar-refractivity contribution in [3.63, 3.8) is 0 Å². The number of rotatable bonds is 29. The second kappa shape index (κ2) is 22.5. The first-order valence-corrected chi connectivity index (χ1v) is 21.9. The molecule has 0 radical (unpaired) electrons. The van der Waals surface area contributed by atoms with E-state index in [-0.39, 0.29) is 19.8 Å². The number of phosphoric acid groups is 2. The Kier molecular flexibility index (Phi) is 18.9. The Morgan fingerprint density at radius 3 is 1.44 bits per heavy atom. The van der Waals surface area contributed by atoms with Gasteiger partial charge in [0.25, 0.3) is 6.48 Å². The first-order valence-electron chi connectivity index (χ1n) is 18.9. The molecule has 0 N–H and O–H groups in total. The predicted molar refractivity (Wildman–Crippen MR) is 190 cm³/mol. The molecule has 4 bridgehead atoms. The fourth-order valence-corrected chi connectivity index (χ4v) is 8.94. The fourth-order valence-electron chi connectivity index (χ4n) is 6.65. The molecule has 1 aliphatic carbocycles. The molecule has 288 valence electrons. The van der Waals surface area contributed by atoms with Crippen molar-refractivity contribution in [3.8, 4) is 0 Å². The maximum absolute atomic E-state index is 14.4. The topological polar surface area (TPSA) is 126 Å². The van der Waals surface area contributed by atoms with Crippen molar-refractivity contribution < 1.29 is 55.2 Å². The van der Waals surface area contributed by atoms with E-state index in [0.29, 0.717) is 0 Å². The van der Waals surface area contributed by atoms with Crippen molar-refractivity contribution in [1.29, 1.82) is 0 Å². The highest BCUT2D eigenvalue weighted by Crippen LogP contribution is 2.58. The van der Waals surface area contributed by atoms with E-state index >= 15 is 0 Å². The molecule has 3 saturated heterocycles. The average Bonchev–Trinajstić information content (AvgIpc) is 3.13. The van der Waals surface area contributed by atoms with Crippen LogP contribution in [0.3, 0.4) is 0 Å². The lowest BCUT2D eigenvalue weighted by Crippen LogP contribution is -2.76. The van der Waals surface area contributed by atoms with Gasteiger partial charge in [0.15, 0.2) is 0 Å². The second-order valence-electron chi connectivity index (χ2n) is 13.4. The Bertz CT molecular complexity index is 1130. The van der Waals surface area contributed by atoms with Crippen molar-refractivity contribution in [3.05, 3.63) is 35.9 Å². The lowest BCUT2D eigenvalue weighted by atomic mass is 9.82. The normalized spacial score (nSPS) is 26.2. The fraction of sp³-hybridized carbons (Fsp3) is 0.833. The summed E-state index contributed by atoms with van der Waals surface area (Å²) in [6.07, 6.45) is 12.6. The molecule has 0 spiro atoms. The van der Waals surface area contributed by atoms with Crippen LogP contribution in [0.4, 0.5) is 0 Å². The summed E-state index contributed by atoms with van der Waals surface area (Å²) in [7, 11) is -5.67. The van der Waals surface area contributed by atoms with Gasteiger partial charge in [0.05, 0.1) is 19.8 Å². The summed E-state index contributed by atoms with van der Waals surface area (Å²) >= 11 is 0. The zero-order valence-corrected chi connectivity index (χ0v) is 32.4. The third-order valence-electron chi connectivity index (χ3n) is 9.48. The van der Waals surface area contributed by atoms with Crippen LogP contribution in [0.2, 0.25) is 0 Å². The molecule has 3 heterocycles. The molecule has 0 unspecified atom stereocenters. The summed E-state index contributed by atoms with van der Waals surface area (Å²) in [5, 5.41) is 0. The van der Waals surface area contributed by atoms with Crippen LogP contribution in [0.1, 0.15) is 122 Å². The molecule has 1 aromatic carbocycles. The number of unbranched alkanes of at least 4 members (excludes halogenated alkanes) is 14. The van der Waals surface area contributed by atoms with E-state index in [2.05, 4.69) is 13.8 Å². The summed E-state index contributed by atoms with van der Waals surface area (Å²) in [5.74, 6) is 0. The molecule has 4 fully saturated rings. The van der Waals surface area contributed by atoms with E-state index < -0.39 is 58.7 Å². The molecule has 12 nitrogen and oxygen atoms in total. The molecular formula is C36H62O12P2. The third-order valence-corrected chi connectivity index (χ3v) is 12.4. The molecule has 5 rings (SSSR count). The first kappa shape index (κ1) is 42.0. The van der Waals surface area contributed by atoms with Gasteiger partial charge >= 0.3 is 15.6 Å². The van der Waals surface area contributed by atoms with Crippen LogP contribution in [-0.2, 0) is 61.8 Å². The molecule has 4 aliphatic rings. The van der Waals surface area contributed by atoms with Gasteiger partial charge in [0, 0.05) is 14.2 Å². The number of ether oxygens (including phenoxy) is 4. The van der Waals surface area contributed by atoms with Gasteiger partial charge in [-0.25, -0.2) is 9.13 Å². The van der Waals surface area contributed by atoms with Crippen molar-refractivity contribution >= 4 is 15.6 Å². The minimum atomic E-state index is -4.13. The van der Waals surface area contributed by atoms with Gasteiger partial charge in [0.2, 0.25) is 0 Å². The molecule has 0 amide bonds. The van der Waals surface area contributed by atoms with Gasteiger partial charge in [-0.1, -0.05) is 134 Å². The van der Waals surface area contributed by atoms with Gasteiger partial charge in [0.1, 0.15) is 36.6 Å². The molecule has 3 aliphatic heterocycles. The van der Waals surface area contributed by atoms with Gasteiger partial charge in [-0.05, 0) is 18.4 Å². The number of hydrogen-bond donors (Lipinski definition) is 0. The highest BCUT2D eigenvalue weighted by Gasteiger charge is 2.66. The van der Waals surface area contributed by atoms with Crippen molar-refractivity contribution in [2.24, 2.45) is 0 Å². The van der Waals surface area contributed by atoms with Crippen molar-refractivity contribution in [2.75, 3.05) is 27.4 Å². The van der Waals surface area contributed by atoms with Crippen LogP contribution in [-0.4, -0.2) is 70.5 Å². The molecule has 14 heteroatoms. The lowest BCUT2D eigenvalue weighted by Gasteiger charge is -2.58. The molecule has 0 aromatic heterocycles. The zero-order valence-electron chi connectivity index (χ0n) is 30.7. The maximum Gasteiger partial charge on any atom is 0.475 e. The summed E-state index contributed by atoms with van der Waals surface area (Å²) in [5.41, 5.74) is 0.931. The number of hydrogen-bond acceptors (Lipinski definition) is 12. The predicted octanol–water partition coefficient (Wildman–Crippen LogP) is 9.65. The standard InChI is InChI=1S/C36H62O12P2/c1-5-7-9-11-13-15-17-22-26-42-50(38,43-27-23-18-16-14-12-10-8-6-2)48-35-32-30(41-28-29-24-20-19-21-25-29)31-34(47-49(37,39-3)40-4)33(35)46-36(44-31)45-32/h19-21,24-25,30-36H,5-18,22-23,26-28H2,1-4H3/t30-,31+,32-,33+,34+,35+,36-/m1/s1. The Morgan fingerprint density at radius 2 is 0.980 bits per heavy atom. The number of phosphoric ester groups is 2. The summed E-state index contributed by atoms with van der Waals surface area (Å²) in [6.45, 7) is 4.07. The van der Waals surface area contributed by atoms with Crippen LogP contribution < -0.4 is 0 Å². The van der Waals surface area contributed by atoms with Crippen LogP contribution in [0.5, 0.6) is 0 Å². The highest BCUT2D eigenvalue weighted by atomic mass is 31.2. The van der Waals surface area contributed by atoms with Crippen LogP contribution in [0, 0.1) is 0 Å². The quantitative estimate of drug-likeness (QED) is 0.0572. The van der Waals surface area contributed by atoms with Crippen LogP contribution in [0.25, 0.3) is 0 Å². The van der Waals surface area contributed by atoms with Gasteiger partial charge in [-0.2, -0.15) is 0 Å². The Balaban J connectivity index is 1.45. The molecule has 1 aromatic rings. The van der Waals surface area contributed by atoms with Crippen LogP contribution >= 0.6 is 15.6 Å². The van der Waals surface area contributed by atoms with E-state index in [1.165, 1.54) is 78.4 Å². The minimum Gasteiger partial charge on any atom is -0.368 e. The van der Waals surface area contributed by atoms with E-state index in [1.54, 1.807) is 0 Å². The monoisotopic (exact) mass is 748 g/mol. The lowest BCUT2D eigenvalue weighted by molar-refractivity contribution is -0.480. The summed E-state index contributed by atoms with van der Waals surface area (Å²) in [4.78, 5) is 0. The van der Waals surface area contributed by atoms with E-state index in [9.17, 15) is 9.13 Å². The first-order chi connectivity index (χ1) is 24.3. The van der Waals surface area contributed by atoms with E-state index in [0.717, 1.165) is 44.1 Å². The zero-order chi connectivity index (χ0) is 35.7. The molecule has 50 heavy (non-hydrogen) atoms. The molecule has 7 atom stereocenters. The average molecular weight is 749 g/mol. The number of benzene rings is 1. The highest BCUT2D eigenvalue weighted by molar-refractivity contribution is 7.48. The summed E-state index contributed by atoms with van der Waals surface area (Å²) < 4.78 is 86.6. The molecule has 1 saturated carbocycles. The minimum absolute atomic E-state index is 0.220. The van der Waals surface area contributed by atoms with E-state index in [1.807, 2.05) is 30.3 Å². The Morgan fingerprint density at radius 1 is 0.560 bits per heavy atom. The Labute approximate surface area is 300 Å². The Hall–Kier alpha value is -0.720. The largest absolute Gasteiger partial charge is 0.475 e. The van der Waals surface area contributed by atoms with Crippen molar-refractivity contribution in [1.82, 2.24) is 0 Å². The van der Waals surface area contributed by atoms with Gasteiger partial charge in [-0.3, -0.25) is 27.1 Å². The molecular weight excluding hydrogens is 686 g/mol. The van der Waals surface area contributed by atoms with Crippen molar-refractivity contribution in [2.45, 2.75) is 166 Å². The SMILES string of the molecule is CCCCCCCCCCOP(=O)(OCCCCCCCCCC)O[C@H]1[C@@H]2O[C@H]3O[C@@H]([C@H]2OCc2ccccc2)[C@H](OP(=O)(OC)OC)[C@@H]1O3. The van der Waals surface area contributed by atoms with E-state index in [4.69, 9.17) is 46.1 Å². The van der Waals surface area contributed by atoms with Crippen LogP contribution in [0.15, 0.2) is 30.3 Å². The summed E-state index contributed by atoms with van der Waals surface area (Å²) in [6, 6.07) is 9.66. The van der Waals surface area contributed by atoms with Gasteiger partial charge < -0.3 is 18.9 Å². The second-order valence-corrected chi connectivity index (χ2v) is 16.8. The maximum atomic E-state index is 14.4. The van der Waals surface area contributed by atoms with Gasteiger partial charge in [-0.15, -0.1) is 0 Å². The smallest absolute Gasteiger partial charge is 0.368 e. The third kappa shape index (κ3) is 13.0.